The molecular formula is C18H21NO4. The third-order valence-corrected chi connectivity index (χ3v) is 3.71. The fraction of sp³-hybridized carbons (Fsp3) is 0.389. The lowest BCUT2D eigenvalue weighted by atomic mass is 10.1. The second-order valence-electron chi connectivity index (χ2n) is 5.50. The van der Waals surface area contributed by atoms with Crippen molar-refractivity contribution in [3.63, 3.8) is 0 Å². The standard InChI is InChI=1S/C18H21NO4/c1-14(20)15-6-8-16(9-7-15)23-13-5-3-2-4-12-19-17(21)10-11-18(19)22/h6-11H,2-5,12-13H2,1H3. The van der Waals surface area contributed by atoms with Crippen molar-refractivity contribution in [1.82, 2.24) is 4.90 Å². The molecule has 1 aromatic carbocycles. The minimum absolute atomic E-state index is 0.0433. The molecule has 2 rings (SSSR count). The van der Waals surface area contributed by atoms with Crippen LogP contribution in [0.15, 0.2) is 36.4 Å². The van der Waals surface area contributed by atoms with Crippen LogP contribution < -0.4 is 4.74 Å². The first-order chi connectivity index (χ1) is 11.1. The summed E-state index contributed by atoms with van der Waals surface area (Å²) >= 11 is 0. The summed E-state index contributed by atoms with van der Waals surface area (Å²) in [6.07, 6.45) is 6.28. The Bertz CT molecular complexity index is 586. The van der Waals surface area contributed by atoms with Crippen molar-refractivity contribution in [2.75, 3.05) is 13.2 Å². The molecule has 0 unspecified atom stereocenters. The highest BCUT2D eigenvalue weighted by atomic mass is 16.5. The van der Waals surface area contributed by atoms with Crippen LogP contribution in [-0.4, -0.2) is 35.6 Å². The van der Waals surface area contributed by atoms with E-state index in [1.54, 1.807) is 24.3 Å². The third-order valence-electron chi connectivity index (χ3n) is 3.71. The third kappa shape index (κ3) is 5.06. The lowest BCUT2D eigenvalue weighted by molar-refractivity contribution is -0.136. The molecule has 5 nitrogen and oxygen atoms in total. The molecule has 0 atom stereocenters. The Morgan fingerprint density at radius 2 is 1.57 bits per heavy atom. The molecule has 23 heavy (non-hydrogen) atoms. The second kappa shape index (κ2) is 8.27. The minimum atomic E-state index is -0.215. The maximum Gasteiger partial charge on any atom is 0.253 e. The summed E-state index contributed by atoms with van der Waals surface area (Å²) < 4.78 is 5.61. The Morgan fingerprint density at radius 1 is 0.957 bits per heavy atom. The van der Waals surface area contributed by atoms with Gasteiger partial charge in [-0.05, 0) is 44.0 Å². The molecule has 0 bridgehead atoms. The van der Waals surface area contributed by atoms with Gasteiger partial charge in [-0.1, -0.05) is 12.8 Å². The zero-order valence-corrected chi connectivity index (χ0v) is 13.3. The second-order valence-corrected chi connectivity index (χ2v) is 5.50. The Kier molecular flexibility index (Phi) is 6.09. The van der Waals surface area contributed by atoms with Crippen molar-refractivity contribution < 1.29 is 19.1 Å². The van der Waals surface area contributed by atoms with E-state index in [9.17, 15) is 14.4 Å². The smallest absolute Gasteiger partial charge is 0.253 e. The van der Waals surface area contributed by atoms with E-state index in [1.807, 2.05) is 0 Å². The molecule has 2 amide bonds. The normalized spacial score (nSPS) is 13.7. The van der Waals surface area contributed by atoms with Crippen LogP contribution in [0, 0.1) is 0 Å². The Balaban J connectivity index is 1.55. The summed E-state index contributed by atoms with van der Waals surface area (Å²) in [6, 6.07) is 7.12. The number of hydrogen-bond donors (Lipinski definition) is 0. The van der Waals surface area contributed by atoms with Crippen LogP contribution >= 0.6 is 0 Å². The van der Waals surface area contributed by atoms with Crippen molar-refractivity contribution >= 4 is 17.6 Å². The number of amides is 2. The van der Waals surface area contributed by atoms with Crippen LogP contribution in [0.5, 0.6) is 5.75 Å². The van der Waals surface area contributed by atoms with E-state index in [-0.39, 0.29) is 17.6 Å². The molecule has 5 heteroatoms. The Hall–Kier alpha value is -2.43. The van der Waals surface area contributed by atoms with Crippen LogP contribution in [0.3, 0.4) is 0 Å². The Labute approximate surface area is 135 Å². The van der Waals surface area contributed by atoms with Gasteiger partial charge < -0.3 is 4.74 Å². The predicted octanol–water partition coefficient (Wildman–Crippen LogP) is 2.75. The molecule has 0 N–H and O–H groups in total. The van der Waals surface area contributed by atoms with Gasteiger partial charge in [-0.15, -0.1) is 0 Å². The van der Waals surface area contributed by atoms with Crippen molar-refractivity contribution in [3.05, 3.63) is 42.0 Å². The fourth-order valence-electron chi connectivity index (χ4n) is 2.35. The van der Waals surface area contributed by atoms with Gasteiger partial charge in [0.1, 0.15) is 5.75 Å². The predicted molar refractivity (Wildman–Crippen MR) is 86.3 cm³/mol. The lowest BCUT2D eigenvalue weighted by Gasteiger charge is -2.13. The summed E-state index contributed by atoms with van der Waals surface area (Å²) in [7, 11) is 0. The summed E-state index contributed by atoms with van der Waals surface area (Å²) in [5, 5.41) is 0. The minimum Gasteiger partial charge on any atom is -0.494 e. The van der Waals surface area contributed by atoms with Gasteiger partial charge >= 0.3 is 0 Å². The van der Waals surface area contributed by atoms with Crippen molar-refractivity contribution in [2.24, 2.45) is 0 Å². The molecule has 0 fully saturated rings. The molecule has 1 aromatic rings. The molecule has 1 heterocycles. The first kappa shape index (κ1) is 16.9. The quantitative estimate of drug-likeness (QED) is 0.399. The van der Waals surface area contributed by atoms with E-state index in [2.05, 4.69) is 0 Å². The molecule has 0 radical (unpaired) electrons. The van der Waals surface area contributed by atoms with Gasteiger partial charge in [0.25, 0.3) is 11.8 Å². The van der Waals surface area contributed by atoms with E-state index < -0.39 is 0 Å². The number of hydrogen-bond acceptors (Lipinski definition) is 4. The van der Waals surface area contributed by atoms with Gasteiger partial charge in [0.05, 0.1) is 6.61 Å². The number of rotatable bonds is 9. The number of nitrogens with zero attached hydrogens (tertiary/aromatic N) is 1. The highest BCUT2D eigenvalue weighted by molar-refractivity contribution is 6.12. The van der Waals surface area contributed by atoms with Gasteiger partial charge in [0.15, 0.2) is 5.78 Å². The number of imide groups is 1. The van der Waals surface area contributed by atoms with Gasteiger partial charge in [-0.2, -0.15) is 0 Å². The highest BCUT2D eigenvalue weighted by Gasteiger charge is 2.21. The van der Waals surface area contributed by atoms with Crippen molar-refractivity contribution in [3.8, 4) is 5.75 Å². The number of Topliss-reactive ketones (excluding diaryl/α,β-unsaturated/α-hetero) is 1. The van der Waals surface area contributed by atoms with Crippen LogP contribution in [0.4, 0.5) is 0 Å². The monoisotopic (exact) mass is 315 g/mol. The van der Waals surface area contributed by atoms with Crippen LogP contribution in [0.1, 0.15) is 43.0 Å². The summed E-state index contributed by atoms with van der Waals surface area (Å²) in [5.41, 5.74) is 0.679. The van der Waals surface area contributed by atoms with Gasteiger partial charge in [0, 0.05) is 24.3 Å². The molecule has 0 aromatic heterocycles. The molecule has 0 saturated carbocycles. The molecule has 122 valence electrons. The summed E-state index contributed by atoms with van der Waals surface area (Å²) in [5.74, 6) is 0.371. The molecule has 0 saturated heterocycles. The van der Waals surface area contributed by atoms with Crippen LogP contribution in [-0.2, 0) is 9.59 Å². The highest BCUT2D eigenvalue weighted by Crippen LogP contribution is 2.13. The maximum absolute atomic E-state index is 11.4. The van der Waals surface area contributed by atoms with Crippen LogP contribution in [0.2, 0.25) is 0 Å². The number of unbranched alkanes of at least 4 members (excludes halogenated alkanes) is 3. The van der Waals surface area contributed by atoms with Gasteiger partial charge in [-0.25, -0.2) is 0 Å². The molecule has 1 aliphatic heterocycles. The zero-order valence-electron chi connectivity index (χ0n) is 13.3. The number of ether oxygens (including phenoxy) is 1. The maximum atomic E-state index is 11.4. The average Bonchev–Trinajstić information content (AvgIpc) is 2.86. The molecule has 0 spiro atoms. The van der Waals surface area contributed by atoms with E-state index >= 15 is 0 Å². The number of benzene rings is 1. The average molecular weight is 315 g/mol. The van der Waals surface area contributed by atoms with E-state index in [1.165, 1.54) is 24.0 Å². The molecular weight excluding hydrogens is 294 g/mol. The number of carbonyl (C=O) groups excluding carboxylic acids is 3. The molecule has 1 aliphatic rings. The van der Waals surface area contributed by atoms with Crippen molar-refractivity contribution in [1.29, 1.82) is 0 Å². The van der Waals surface area contributed by atoms with E-state index in [4.69, 9.17) is 4.74 Å². The fourth-order valence-corrected chi connectivity index (χ4v) is 2.35. The summed E-state index contributed by atoms with van der Waals surface area (Å²) in [4.78, 5) is 35.1. The summed E-state index contributed by atoms with van der Waals surface area (Å²) in [6.45, 7) is 2.63. The first-order valence-electron chi connectivity index (χ1n) is 7.85. The Morgan fingerprint density at radius 3 is 2.17 bits per heavy atom. The molecule has 0 aliphatic carbocycles. The first-order valence-corrected chi connectivity index (χ1v) is 7.85. The van der Waals surface area contributed by atoms with Crippen molar-refractivity contribution in [2.45, 2.75) is 32.6 Å². The topological polar surface area (TPSA) is 63.7 Å². The zero-order chi connectivity index (χ0) is 16.7. The number of ketones is 1. The largest absolute Gasteiger partial charge is 0.494 e. The van der Waals surface area contributed by atoms with E-state index in [0.717, 1.165) is 31.4 Å². The SMILES string of the molecule is CC(=O)c1ccc(OCCCCCCN2C(=O)C=CC2=O)cc1. The van der Waals surface area contributed by atoms with Gasteiger partial charge in [-0.3, -0.25) is 19.3 Å². The number of carbonyl (C=O) groups is 3. The van der Waals surface area contributed by atoms with Crippen LogP contribution in [0.25, 0.3) is 0 Å². The van der Waals surface area contributed by atoms with E-state index in [0.29, 0.717) is 18.7 Å². The lowest BCUT2D eigenvalue weighted by Crippen LogP contribution is -2.30. The van der Waals surface area contributed by atoms with Gasteiger partial charge in [0.2, 0.25) is 0 Å².